The lowest BCUT2D eigenvalue weighted by atomic mass is 9.69. The van der Waals surface area contributed by atoms with Gasteiger partial charge in [0.1, 0.15) is 0 Å². The number of nitrogens with one attached hydrogen (secondary N) is 4. The SMILES string of the molecule is c1ccc(-c2ccc(B3Nc4ccc(-c5ccc6c(c5)NB(c5ccc(-c7ccccc7)cc5)N6)cc4N3)cc2)cc1. The fourth-order valence-corrected chi connectivity index (χ4v) is 5.96. The van der Waals surface area contributed by atoms with Crippen LogP contribution < -0.4 is 31.8 Å². The Bertz CT molecular complexity index is 1730. The Labute approximate surface area is 247 Å². The van der Waals surface area contributed by atoms with E-state index in [1.54, 1.807) is 0 Å². The first-order valence-corrected chi connectivity index (χ1v) is 14.4. The van der Waals surface area contributed by atoms with Gasteiger partial charge in [0.05, 0.1) is 0 Å². The van der Waals surface area contributed by atoms with Gasteiger partial charge in [-0.05, 0) is 68.6 Å². The van der Waals surface area contributed by atoms with Crippen molar-refractivity contribution in [3.05, 3.63) is 146 Å². The molecule has 6 aromatic carbocycles. The highest BCUT2D eigenvalue weighted by Crippen LogP contribution is 2.37. The molecule has 198 valence electrons. The molecule has 0 radical (unpaired) electrons. The molecule has 2 aliphatic rings. The molecule has 2 aliphatic heterocycles. The number of fused-ring (bicyclic) bond motifs is 2. The van der Waals surface area contributed by atoms with Gasteiger partial charge in [0, 0.05) is 22.7 Å². The Morgan fingerprint density at radius 1 is 0.286 bits per heavy atom. The predicted molar refractivity (Wildman–Crippen MR) is 181 cm³/mol. The van der Waals surface area contributed by atoms with Gasteiger partial charge in [0.15, 0.2) is 0 Å². The van der Waals surface area contributed by atoms with Crippen molar-refractivity contribution in [2.45, 2.75) is 0 Å². The summed E-state index contributed by atoms with van der Waals surface area (Å²) < 4.78 is 0. The number of anilines is 4. The van der Waals surface area contributed by atoms with Crippen LogP contribution in [0.15, 0.2) is 146 Å². The average Bonchev–Trinajstić information content (AvgIpc) is 3.70. The summed E-state index contributed by atoms with van der Waals surface area (Å²) in [5.74, 6) is 0. The van der Waals surface area contributed by atoms with Gasteiger partial charge in [-0.3, -0.25) is 0 Å². The van der Waals surface area contributed by atoms with Crippen LogP contribution in [0.5, 0.6) is 0 Å². The number of rotatable bonds is 5. The molecule has 6 heteroatoms. The van der Waals surface area contributed by atoms with Crippen molar-refractivity contribution in [3.63, 3.8) is 0 Å². The van der Waals surface area contributed by atoms with Crippen LogP contribution in [0.25, 0.3) is 33.4 Å². The van der Waals surface area contributed by atoms with Gasteiger partial charge in [-0.2, -0.15) is 0 Å². The van der Waals surface area contributed by atoms with Crippen LogP contribution in [-0.2, 0) is 0 Å². The lowest BCUT2D eigenvalue weighted by molar-refractivity contribution is 1.62. The standard InChI is InChI=1S/C36H28B2N4/c1-3-7-25(8-4-1)27-11-17-31(18-12-27)37-39-33-21-15-29(23-35(33)41-37)30-16-22-34-36(24-30)42-38(40-34)32-19-13-28(14-20-32)26-9-5-2-6-10-26/h1-24,39-42H. The lowest BCUT2D eigenvalue weighted by Gasteiger charge is -2.09. The Morgan fingerprint density at radius 2 is 0.619 bits per heavy atom. The molecule has 0 atom stereocenters. The molecule has 6 aromatic rings. The lowest BCUT2D eigenvalue weighted by Crippen LogP contribution is -2.41. The van der Waals surface area contributed by atoms with E-state index in [1.165, 1.54) is 44.3 Å². The number of hydrogen-bond donors (Lipinski definition) is 4. The number of benzene rings is 6. The van der Waals surface area contributed by atoms with Crippen molar-refractivity contribution in [3.8, 4) is 33.4 Å². The molecule has 4 nitrogen and oxygen atoms in total. The van der Waals surface area contributed by atoms with Crippen LogP contribution >= 0.6 is 0 Å². The highest BCUT2D eigenvalue weighted by atomic mass is 15.1. The fourth-order valence-electron chi connectivity index (χ4n) is 5.96. The van der Waals surface area contributed by atoms with Crippen LogP contribution in [0.4, 0.5) is 22.7 Å². The van der Waals surface area contributed by atoms with Crippen molar-refractivity contribution in [1.82, 2.24) is 0 Å². The molecule has 8 rings (SSSR count). The highest BCUT2D eigenvalue weighted by Gasteiger charge is 2.29. The van der Waals surface area contributed by atoms with Crippen LogP contribution in [0, 0.1) is 0 Å². The molecule has 0 amide bonds. The molecule has 42 heavy (non-hydrogen) atoms. The third-order valence-electron chi connectivity index (χ3n) is 8.27. The van der Waals surface area contributed by atoms with Crippen molar-refractivity contribution in [2.24, 2.45) is 0 Å². The van der Waals surface area contributed by atoms with E-state index in [0.717, 1.165) is 22.7 Å². The van der Waals surface area contributed by atoms with Gasteiger partial charge >= 0.3 is 14.0 Å². The molecule has 0 aromatic heterocycles. The van der Waals surface area contributed by atoms with Gasteiger partial charge in [-0.1, -0.05) is 121 Å². The van der Waals surface area contributed by atoms with Crippen molar-refractivity contribution < 1.29 is 0 Å². The van der Waals surface area contributed by atoms with Crippen molar-refractivity contribution >= 4 is 47.6 Å². The maximum absolute atomic E-state index is 3.68. The Hall–Kier alpha value is -5.35. The zero-order valence-electron chi connectivity index (χ0n) is 23.0. The maximum atomic E-state index is 3.68. The van der Waals surface area contributed by atoms with E-state index >= 15 is 0 Å². The second-order valence-electron chi connectivity index (χ2n) is 10.9. The molecule has 0 saturated carbocycles. The fraction of sp³-hybridized carbons (Fsp3) is 0. The zero-order chi connectivity index (χ0) is 27.9. The summed E-state index contributed by atoms with van der Waals surface area (Å²) in [5, 5.41) is 14.6. The van der Waals surface area contributed by atoms with Crippen molar-refractivity contribution in [1.29, 1.82) is 0 Å². The summed E-state index contributed by atoms with van der Waals surface area (Å²) in [6.07, 6.45) is 0. The highest BCUT2D eigenvalue weighted by molar-refractivity contribution is 6.81. The summed E-state index contributed by atoms with van der Waals surface area (Å²) in [5.41, 5.74) is 14.2. The maximum Gasteiger partial charge on any atom is 0.406 e. The Kier molecular flexibility index (Phi) is 5.96. The molecule has 0 unspecified atom stereocenters. The molecule has 2 heterocycles. The average molecular weight is 538 g/mol. The van der Waals surface area contributed by atoms with E-state index < -0.39 is 0 Å². The van der Waals surface area contributed by atoms with E-state index in [2.05, 4.69) is 167 Å². The Balaban J connectivity index is 0.971. The van der Waals surface area contributed by atoms with Crippen LogP contribution in [0.2, 0.25) is 0 Å². The van der Waals surface area contributed by atoms with Gasteiger partial charge in [0.25, 0.3) is 0 Å². The summed E-state index contributed by atoms with van der Waals surface area (Å²) >= 11 is 0. The van der Waals surface area contributed by atoms with Gasteiger partial charge < -0.3 is 20.9 Å². The van der Waals surface area contributed by atoms with E-state index in [9.17, 15) is 0 Å². The predicted octanol–water partition coefficient (Wildman–Crippen LogP) is 7.15. The molecular weight excluding hydrogens is 510 g/mol. The van der Waals surface area contributed by atoms with Crippen molar-refractivity contribution in [2.75, 3.05) is 20.9 Å². The van der Waals surface area contributed by atoms with Crippen LogP contribution in [0.1, 0.15) is 0 Å². The summed E-state index contributed by atoms with van der Waals surface area (Å²) in [4.78, 5) is 0. The monoisotopic (exact) mass is 538 g/mol. The molecular formula is C36H28B2N4. The van der Waals surface area contributed by atoms with Gasteiger partial charge in [-0.25, -0.2) is 0 Å². The second kappa shape index (κ2) is 10.2. The quantitative estimate of drug-likeness (QED) is 0.176. The van der Waals surface area contributed by atoms with Gasteiger partial charge in [-0.15, -0.1) is 0 Å². The van der Waals surface area contributed by atoms with E-state index in [-0.39, 0.29) is 14.0 Å². The zero-order valence-corrected chi connectivity index (χ0v) is 23.0. The Morgan fingerprint density at radius 3 is 1.02 bits per heavy atom. The first-order chi connectivity index (χ1) is 20.8. The summed E-state index contributed by atoms with van der Waals surface area (Å²) in [6.45, 7) is 0.0833. The topological polar surface area (TPSA) is 48.1 Å². The summed E-state index contributed by atoms with van der Waals surface area (Å²) in [6, 6.07) is 51.8. The molecule has 4 N–H and O–H groups in total. The normalized spacial score (nSPS) is 13.0. The first kappa shape index (κ1) is 24.4. The van der Waals surface area contributed by atoms with Gasteiger partial charge in [0.2, 0.25) is 0 Å². The molecule has 0 fully saturated rings. The molecule has 0 bridgehead atoms. The molecule has 0 aliphatic carbocycles. The van der Waals surface area contributed by atoms with E-state index in [0.29, 0.717) is 0 Å². The van der Waals surface area contributed by atoms with Crippen LogP contribution in [-0.4, -0.2) is 14.0 Å². The summed E-state index contributed by atoms with van der Waals surface area (Å²) in [7, 11) is 0. The minimum absolute atomic E-state index is 0.0417. The largest absolute Gasteiger partial charge is 0.406 e. The second-order valence-corrected chi connectivity index (χ2v) is 10.9. The minimum Gasteiger partial charge on any atom is -0.404 e. The molecule has 0 saturated heterocycles. The van der Waals surface area contributed by atoms with E-state index in [4.69, 9.17) is 0 Å². The third kappa shape index (κ3) is 4.57. The number of hydrogen-bond acceptors (Lipinski definition) is 4. The third-order valence-corrected chi connectivity index (χ3v) is 8.27. The van der Waals surface area contributed by atoms with E-state index in [1.807, 2.05) is 0 Å². The van der Waals surface area contributed by atoms with Crippen LogP contribution in [0.3, 0.4) is 0 Å². The minimum atomic E-state index is 0.0417. The smallest absolute Gasteiger partial charge is 0.404 e. The first-order valence-electron chi connectivity index (χ1n) is 14.4. The molecule has 0 spiro atoms.